The molecule has 3 heterocycles. The number of nitrogens with zero attached hydrogens (tertiary/aromatic N) is 4. The quantitative estimate of drug-likeness (QED) is 0.351. The predicted octanol–water partition coefficient (Wildman–Crippen LogP) is 6.07. The highest BCUT2D eigenvalue weighted by molar-refractivity contribution is 6.00. The average Bonchev–Trinajstić information content (AvgIpc) is 3.59. The van der Waals surface area contributed by atoms with Crippen LogP contribution in [0.15, 0.2) is 48.7 Å². The molecule has 7 heteroatoms. The molecule has 1 amide bonds. The van der Waals surface area contributed by atoms with Crippen molar-refractivity contribution in [1.29, 1.82) is 0 Å². The number of fused-ring (bicyclic) bond motifs is 1. The lowest BCUT2D eigenvalue weighted by molar-refractivity contribution is 0.0958. The molecule has 182 valence electrons. The number of pyridine rings is 1. The van der Waals surface area contributed by atoms with Crippen LogP contribution in [0.5, 0.6) is 0 Å². The molecular weight excluding hydrogens is 448 g/mol. The molecule has 0 bridgehead atoms. The monoisotopic (exact) mass is 478 g/mol. The Morgan fingerprint density at radius 2 is 1.89 bits per heavy atom. The standard InChI is InChI=1S/C29H30N6O/c1-5-35-29(32-26-14-23-18(4)31-28(36)24(23)13-17(26)3)33-27(34-35)20-8-10-22(16(2)12-20)25-11-9-21(15-30-25)19-6-7-19/h8-15,18-19H,5-7H2,1-4H3,(H,31,36)(H,32,33,34). The fourth-order valence-electron chi connectivity index (χ4n) is 4.98. The summed E-state index contributed by atoms with van der Waals surface area (Å²) in [6.45, 7) is 8.84. The molecule has 36 heavy (non-hydrogen) atoms. The molecule has 2 aromatic carbocycles. The van der Waals surface area contributed by atoms with E-state index in [1.165, 1.54) is 18.4 Å². The number of amides is 1. The second-order valence-corrected chi connectivity index (χ2v) is 9.93. The van der Waals surface area contributed by atoms with Gasteiger partial charge in [0.1, 0.15) is 0 Å². The average molecular weight is 479 g/mol. The first-order valence-electron chi connectivity index (χ1n) is 12.7. The summed E-state index contributed by atoms with van der Waals surface area (Å²) in [5.74, 6) is 2.05. The van der Waals surface area contributed by atoms with Crippen LogP contribution in [0, 0.1) is 13.8 Å². The first-order chi connectivity index (χ1) is 17.4. The Hall–Kier alpha value is -4.00. The van der Waals surface area contributed by atoms with E-state index in [-0.39, 0.29) is 11.9 Å². The molecule has 0 saturated heterocycles. The molecule has 2 N–H and O–H groups in total. The third kappa shape index (κ3) is 3.94. The summed E-state index contributed by atoms with van der Waals surface area (Å²) in [7, 11) is 0. The molecule has 1 saturated carbocycles. The number of anilines is 2. The first-order valence-corrected chi connectivity index (χ1v) is 12.7. The predicted molar refractivity (Wildman–Crippen MR) is 141 cm³/mol. The van der Waals surface area contributed by atoms with Crippen LogP contribution in [0.25, 0.3) is 22.6 Å². The van der Waals surface area contributed by atoms with Gasteiger partial charge < -0.3 is 10.6 Å². The Morgan fingerprint density at radius 1 is 1.06 bits per heavy atom. The van der Waals surface area contributed by atoms with Crippen molar-refractivity contribution in [3.8, 4) is 22.6 Å². The van der Waals surface area contributed by atoms with Crippen LogP contribution in [0.4, 0.5) is 11.6 Å². The maximum absolute atomic E-state index is 12.2. The van der Waals surface area contributed by atoms with E-state index >= 15 is 0 Å². The van der Waals surface area contributed by atoms with Crippen LogP contribution < -0.4 is 10.6 Å². The second kappa shape index (κ2) is 8.59. The topological polar surface area (TPSA) is 84.7 Å². The molecule has 1 fully saturated rings. The van der Waals surface area contributed by atoms with Crippen LogP contribution in [-0.4, -0.2) is 25.7 Å². The van der Waals surface area contributed by atoms with E-state index in [0.717, 1.165) is 44.8 Å². The largest absolute Gasteiger partial charge is 0.345 e. The van der Waals surface area contributed by atoms with Gasteiger partial charge in [-0.15, -0.1) is 5.10 Å². The van der Waals surface area contributed by atoms with Gasteiger partial charge in [0.05, 0.1) is 11.7 Å². The van der Waals surface area contributed by atoms with E-state index in [2.05, 4.69) is 54.8 Å². The Kier molecular flexibility index (Phi) is 5.36. The van der Waals surface area contributed by atoms with Crippen LogP contribution in [-0.2, 0) is 6.54 Å². The van der Waals surface area contributed by atoms with Gasteiger partial charge in [0.2, 0.25) is 5.95 Å². The maximum atomic E-state index is 12.2. The second-order valence-electron chi connectivity index (χ2n) is 9.93. The minimum absolute atomic E-state index is 0.00542. The number of rotatable bonds is 6. The normalized spacial score (nSPS) is 16.7. The summed E-state index contributed by atoms with van der Waals surface area (Å²) >= 11 is 0. The molecule has 0 spiro atoms. The third-order valence-corrected chi connectivity index (χ3v) is 7.27. The van der Waals surface area contributed by atoms with Gasteiger partial charge in [0.15, 0.2) is 5.82 Å². The minimum Gasteiger partial charge on any atom is -0.345 e. The van der Waals surface area contributed by atoms with Gasteiger partial charge >= 0.3 is 0 Å². The molecule has 2 aromatic heterocycles. The van der Waals surface area contributed by atoms with Crippen molar-refractivity contribution < 1.29 is 4.79 Å². The Morgan fingerprint density at radius 3 is 2.58 bits per heavy atom. The minimum atomic E-state index is -0.0148. The Labute approximate surface area is 211 Å². The van der Waals surface area contributed by atoms with E-state index in [4.69, 9.17) is 15.1 Å². The van der Waals surface area contributed by atoms with Gasteiger partial charge in [0, 0.05) is 35.1 Å². The van der Waals surface area contributed by atoms with Gasteiger partial charge in [-0.3, -0.25) is 9.78 Å². The van der Waals surface area contributed by atoms with E-state index in [1.807, 2.05) is 36.9 Å². The van der Waals surface area contributed by atoms with Crippen molar-refractivity contribution in [2.75, 3.05) is 5.32 Å². The molecule has 1 aliphatic heterocycles. The number of carbonyl (C=O) groups is 1. The van der Waals surface area contributed by atoms with Crippen LogP contribution in [0.1, 0.15) is 71.3 Å². The van der Waals surface area contributed by atoms with Gasteiger partial charge in [0.25, 0.3) is 5.91 Å². The lowest BCUT2D eigenvalue weighted by Gasteiger charge is -2.12. The van der Waals surface area contributed by atoms with Crippen LogP contribution >= 0.6 is 0 Å². The molecule has 1 atom stereocenters. The van der Waals surface area contributed by atoms with Crippen molar-refractivity contribution in [2.45, 2.75) is 59.0 Å². The SMILES string of the molecule is CCn1nc(-c2ccc(-c3ccc(C4CC4)cn3)c(C)c2)nc1Nc1cc2c(cc1C)C(=O)NC2C. The van der Waals surface area contributed by atoms with Gasteiger partial charge in [-0.2, -0.15) is 4.98 Å². The number of benzene rings is 2. The number of nitrogens with one attached hydrogen (secondary N) is 2. The fourth-order valence-corrected chi connectivity index (χ4v) is 4.98. The number of aryl methyl sites for hydroxylation is 3. The Balaban J connectivity index is 1.28. The number of hydrogen-bond acceptors (Lipinski definition) is 5. The van der Waals surface area contributed by atoms with E-state index in [9.17, 15) is 4.79 Å². The summed E-state index contributed by atoms with van der Waals surface area (Å²) in [4.78, 5) is 21.7. The molecule has 4 aromatic rings. The van der Waals surface area contributed by atoms with Crippen LogP contribution in [0.2, 0.25) is 0 Å². The molecule has 7 nitrogen and oxygen atoms in total. The lowest BCUT2D eigenvalue weighted by atomic mass is 10.0. The van der Waals surface area contributed by atoms with Gasteiger partial charge in [-0.1, -0.05) is 18.2 Å². The zero-order valence-electron chi connectivity index (χ0n) is 21.1. The highest BCUT2D eigenvalue weighted by Gasteiger charge is 2.27. The van der Waals surface area contributed by atoms with Gasteiger partial charge in [-0.05, 0) is 93.0 Å². The third-order valence-electron chi connectivity index (χ3n) is 7.27. The van der Waals surface area contributed by atoms with Crippen LogP contribution in [0.3, 0.4) is 0 Å². The van der Waals surface area contributed by atoms with Crippen molar-refractivity contribution in [3.63, 3.8) is 0 Å². The highest BCUT2D eigenvalue weighted by atomic mass is 16.2. The molecule has 6 rings (SSSR count). The zero-order valence-corrected chi connectivity index (χ0v) is 21.1. The van der Waals surface area contributed by atoms with Gasteiger partial charge in [-0.25, -0.2) is 4.68 Å². The summed E-state index contributed by atoms with van der Waals surface area (Å²) in [6.07, 6.45) is 4.59. The summed E-state index contributed by atoms with van der Waals surface area (Å²) in [5, 5.41) is 11.2. The Bertz CT molecular complexity index is 1480. The summed E-state index contributed by atoms with van der Waals surface area (Å²) < 4.78 is 1.87. The fraction of sp³-hybridized carbons (Fsp3) is 0.310. The maximum Gasteiger partial charge on any atom is 0.252 e. The number of aromatic nitrogens is 4. The van der Waals surface area contributed by atoms with Crippen molar-refractivity contribution in [2.24, 2.45) is 0 Å². The highest BCUT2D eigenvalue weighted by Crippen LogP contribution is 2.40. The molecule has 0 radical (unpaired) electrons. The molecule has 2 aliphatic rings. The lowest BCUT2D eigenvalue weighted by Crippen LogP contribution is -2.16. The summed E-state index contributed by atoms with van der Waals surface area (Å²) in [6, 6.07) is 14.6. The molecule has 1 unspecified atom stereocenters. The summed E-state index contributed by atoms with van der Waals surface area (Å²) in [5.41, 5.74) is 9.24. The van der Waals surface area contributed by atoms with E-state index in [1.54, 1.807) is 0 Å². The number of carbonyl (C=O) groups excluding carboxylic acids is 1. The van der Waals surface area contributed by atoms with E-state index < -0.39 is 0 Å². The van der Waals surface area contributed by atoms with Crippen molar-refractivity contribution in [1.82, 2.24) is 25.1 Å². The van der Waals surface area contributed by atoms with Crippen molar-refractivity contribution >= 4 is 17.5 Å². The van der Waals surface area contributed by atoms with E-state index in [0.29, 0.717) is 24.2 Å². The molecular formula is C29H30N6O. The first kappa shape index (κ1) is 22.5. The smallest absolute Gasteiger partial charge is 0.252 e. The van der Waals surface area contributed by atoms with Crippen molar-refractivity contribution in [3.05, 3.63) is 76.5 Å². The molecule has 1 aliphatic carbocycles. The number of hydrogen-bond donors (Lipinski definition) is 2. The zero-order chi connectivity index (χ0) is 25.0.